The quantitative estimate of drug-likeness (QED) is 0.493. The number of amides is 1. The SMILES string of the molecule is Cc1cc(CSc2ncccc2C(=O)NCCCn2ccnc2)no1. The molecule has 7 nitrogen and oxygen atoms in total. The predicted molar refractivity (Wildman–Crippen MR) is 94.2 cm³/mol. The molecule has 3 heterocycles. The molecule has 0 atom stereocenters. The molecule has 0 bridgehead atoms. The number of carbonyl (C=O) groups excluding carboxylic acids is 1. The van der Waals surface area contributed by atoms with Gasteiger partial charge in [0, 0.05) is 43.5 Å². The Morgan fingerprint density at radius 1 is 1.40 bits per heavy atom. The van der Waals surface area contributed by atoms with E-state index < -0.39 is 0 Å². The summed E-state index contributed by atoms with van der Waals surface area (Å²) in [7, 11) is 0. The van der Waals surface area contributed by atoms with Crippen molar-refractivity contribution >= 4 is 17.7 Å². The fourth-order valence-electron chi connectivity index (χ4n) is 2.28. The standard InChI is InChI=1S/C17H19N5O2S/c1-13-10-14(21-24-13)11-25-17-15(4-2-5-20-17)16(23)19-6-3-8-22-9-7-18-12-22/h2,4-5,7,9-10,12H,3,6,8,11H2,1H3,(H,19,23). The highest BCUT2D eigenvalue weighted by Crippen LogP contribution is 2.24. The second-order valence-corrected chi connectivity index (χ2v) is 6.45. The topological polar surface area (TPSA) is 85.8 Å². The van der Waals surface area contributed by atoms with Crippen LogP contribution in [0.3, 0.4) is 0 Å². The highest BCUT2D eigenvalue weighted by molar-refractivity contribution is 7.98. The lowest BCUT2D eigenvalue weighted by atomic mass is 10.2. The van der Waals surface area contributed by atoms with Crippen molar-refractivity contribution in [2.24, 2.45) is 0 Å². The van der Waals surface area contributed by atoms with Crippen molar-refractivity contribution in [3.8, 4) is 0 Å². The number of aromatic nitrogens is 4. The van der Waals surface area contributed by atoms with Crippen molar-refractivity contribution in [3.05, 3.63) is 60.1 Å². The van der Waals surface area contributed by atoms with E-state index in [0.717, 1.165) is 24.4 Å². The zero-order valence-corrected chi connectivity index (χ0v) is 14.7. The maximum Gasteiger partial charge on any atom is 0.254 e. The van der Waals surface area contributed by atoms with E-state index in [1.54, 1.807) is 30.9 Å². The number of hydrogen-bond acceptors (Lipinski definition) is 6. The second-order valence-electron chi connectivity index (χ2n) is 5.48. The molecule has 0 saturated carbocycles. The maximum atomic E-state index is 12.4. The van der Waals surface area contributed by atoms with Crippen LogP contribution in [0.1, 0.15) is 28.2 Å². The molecular weight excluding hydrogens is 338 g/mol. The predicted octanol–water partition coefficient (Wildman–Crippen LogP) is 2.69. The van der Waals surface area contributed by atoms with Crippen LogP contribution in [0.4, 0.5) is 0 Å². The number of hydrogen-bond donors (Lipinski definition) is 1. The van der Waals surface area contributed by atoms with E-state index in [2.05, 4.69) is 20.4 Å². The van der Waals surface area contributed by atoms with Crippen molar-refractivity contribution in [2.75, 3.05) is 6.54 Å². The zero-order valence-electron chi connectivity index (χ0n) is 13.9. The van der Waals surface area contributed by atoms with Gasteiger partial charge < -0.3 is 14.4 Å². The molecule has 3 aromatic rings. The molecule has 0 aromatic carbocycles. The fraction of sp³-hybridized carbons (Fsp3) is 0.294. The molecule has 0 aliphatic carbocycles. The van der Waals surface area contributed by atoms with Crippen LogP contribution in [-0.4, -0.2) is 32.1 Å². The molecule has 0 spiro atoms. The number of rotatable bonds is 8. The summed E-state index contributed by atoms with van der Waals surface area (Å²) in [6, 6.07) is 5.44. The summed E-state index contributed by atoms with van der Waals surface area (Å²) in [4.78, 5) is 20.7. The van der Waals surface area contributed by atoms with Crippen molar-refractivity contribution in [1.29, 1.82) is 0 Å². The van der Waals surface area contributed by atoms with Crippen LogP contribution in [-0.2, 0) is 12.3 Å². The lowest BCUT2D eigenvalue weighted by Crippen LogP contribution is -2.26. The molecular formula is C17H19N5O2S. The molecule has 0 radical (unpaired) electrons. The molecule has 25 heavy (non-hydrogen) atoms. The molecule has 0 unspecified atom stereocenters. The summed E-state index contributed by atoms with van der Waals surface area (Å²) < 4.78 is 7.04. The third-order valence-corrected chi connectivity index (χ3v) is 4.53. The minimum absolute atomic E-state index is 0.113. The second kappa shape index (κ2) is 8.48. The summed E-state index contributed by atoms with van der Waals surface area (Å²) in [5.74, 6) is 1.26. The Bertz CT molecular complexity index is 816. The van der Waals surface area contributed by atoms with Gasteiger partial charge in [0.1, 0.15) is 10.8 Å². The highest BCUT2D eigenvalue weighted by Gasteiger charge is 2.13. The molecule has 0 saturated heterocycles. The van der Waals surface area contributed by atoms with Crippen LogP contribution in [0.2, 0.25) is 0 Å². The number of nitrogens with zero attached hydrogens (tertiary/aromatic N) is 4. The van der Waals surface area contributed by atoms with Crippen LogP contribution < -0.4 is 5.32 Å². The van der Waals surface area contributed by atoms with Gasteiger partial charge in [0.15, 0.2) is 0 Å². The van der Waals surface area contributed by atoms with Gasteiger partial charge in [-0.25, -0.2) is 9.97 Å². The fourth-order valence-corrected chi connectivity index (χ4v) is 3.16. The summed E-state index contributed by atoms with van der Waals surface area (Å²) in [6.45, 7) is 3.27. The van der Waals surface area contributed by atoms with E-state index in [-0.39, 0.29) is 5.91 Å². The number of aryl methyl sites for hydroxylation is 2. The van der Waals surface area contributed by atoms with Gasteiger partial charge in [-0.3, -0.25) is 4.79 Å². The van der Waals surface area contributed by atoms with E-state index in [1.807, 2.05) is 23.8 Å². The lowest BCUT2D eigenvalue weighted by Gasteiger charge is -2.09. The van der Waals surface area contributed by atoms with Gasteiger partial charge in [-0.2, -0.15) is 0 Å². The van der Waals surface area contributed by atoms with Gasteiger partial charge >= 0.3 is 0 Å². The van der Waals surface area contributed by atoms with Crippen LogP contribution >= 0.6 is 11.8 Å². The zero-order chi connectivity index (χ0) is 17.5. The number of carbonyl (C=O) groups is 1. The maximum absolute atomic E-state index is 12.4. The normalized spacial score (nSPS) is 10.8. The molecule has 1 amide bonds. The lowest BCUT2D eigenvalue weighted by molar-refractivity contribution is 0.0949. The number of nitrogens with one attached hydrogen (secondary N) is 1. The third-order valence-electron chi connectivity index (χ3n) is 3.49. The van der Waals surface area contributed by atoms with Crippen molar-refractivity contribution in [1.82, 2.24) is 25.0 Å². The Morgan fingerprint density at radius 2 is 2.32 bits per heavy atom. The summed E-state index contributed by atoms with van der Waals surface area (Å²) >= 11 is 1.47. The van der Waals surface area contributed by atoms with Crippen LogP contribution in [0.5, 0.6) is 0 Å². The summed E-state index contributed by atoms with van der Waals surface area (Å²) in [5.41, 5.74) is 1.41. The first-order valence-electron chi connectivity index (χ1n) is 7.96. The average molecular weight is 357 g/mol. The van der Waals surface area contributed by atoms with Gasteiger partial charge in [0.05, 0.1) is 17.6 Å². The molecule has 3 rings (SSSR count). The smallest absolute Gasteiger partial charge is 0.254 e. The Balaban J connectivity index is 1.52. The summed E-state index contributed by atoms with van der Waals surface area (Å²) in [6.07, 6.45) is 7.94. The van der Waals surface area contributed by atoms with Crippen LogP contribution in [0.15, 0.2) is 52.7 Å². The third kappa shape index (κ3) is 4.93. The van der Waals surface area contributed by atoms with Crippen molar-refractivity contribution in [2.45, 2.75) is 30.7 Å². The van der Waals surface area contributed by atoms with Gasteiger partial charge in [-0.15, -0.1) is 0 Å². The summed E-state index contributed by atoms with van der Waals surface area (Å²) in [5, 5.41) is 7.59. The van der Waals surface area contributed by atoms with Crippen molar-refractivity contribution in [3.63, 3.8) is 0 Å². The first kappa shape index (κ1) is 17.2. The molecule has 1 N–H and O–H groups in total. The Hall–Kier alpha value is -2.61. The largest absolute Gasteiger partial charge is 0.361 e. The molecule has 0 fully saturated rings. The van der Waals surface area contributed by atoms with E-state index in [4.69, 9.17) is 4.52 Å². The van der Waals surface area contributed by atoms with Crippen LogP contribution in [0.25, 0.3) is 0 Å². The molecule has 130 valence electrons. The van der Waals surface area contributed by atoms with Gasteiger partial charge in [0.25, 0.3) is 5.91 Å². The van der Waals surface area contributed by atoms with Crippen LogP contribution in [0, 0.1) is 6.92 Å². The molecule has 0 aliphatic heterocycles. The first-order valence-corrected chi connectivity index (χ1v) is 8.95. The Morgan fingerprint density at radius 3 is 3.08 bits per heavy atom. The van der Waals surface area contributed by atoms with Gasteiger partial charge in [-0.05, 0) is 25.5 Å². The monoisotopic (exact) mass is 357 g/mol. The molecule has 0 aliphatic rings. The van der Waals surface area contributed by atoms with Gasteiger partial charge in [0.2, 0.25) is 0 Å². The number of imidazole rings is 1. The first-order chi connectivity index (χ1) is 12.2. The van der Waals surface area contributed by atoms with E-state index in [0.29, 0.717) is 22.9 Å². The minimum Gasteiger partial charge on any atom is -0.361 e. The Labute approximate surface area is 149 Å². The number of pyridine rings is 1. The molecule has 8 heteroatoms. The van der Waals surface area contributed by atoms with E-state index in [1.165, 1.54) is 11.8 Å². The minimum atomic E-state index is -0.113. The average Bonchev–Trinajstić information content (AvgIpc) is 3.28. The van der Waals surface area contributed by atoms with E-state index in [9.17, 15) is 4.79 Å². The number of thioether (sulfide) groups is 1. The van der Waals surface area contributed by atoms with Gasteiger partial charge in [-0.1, -0.05) is 16.9 Å². The van der Waals surface area contributed by atoms with E-state index >= 15 is 0 Å². The Kier molecular flexibility index (Phi) is 5.84. The van der Waals surface area contributed by atoms with Crippen molar-refractivity contribution < 1.29 is 9.32 Å². The highest BCUT2D eigenvalue weighted by atomic mass is 32.2. The molecule has 3 aromatic heterocycles.